The van der Waals surface area contributed by atoms with Crippen LogP contribution in [0.5, 0.6) is 0 Å². The molecule has 5 heteroatoms. The van der Waals surface area contributed by atoms with Crippen molar-refractivity contribution in [3.63, 3.8) is 0 Å². The number of hydrogen-bond donors (Lipinski definition) is 2. The second-order valence-corrected chi connectivity index (χ2v) is 6.36. The molecule has 3 rings (SSSR count). The van der Waals surface area contributed by atoms with Gasteiger partial charge in [0.25, 0.3) is 0 Å². The number of aromatic nitrogens is 2. The summed E-state index contributed by atoms with van der Waals surface area (Å²) >= 11 is 5.37. The second-order valence-electron chi connectivity index (χ2n) is 5.95. The predicted molar refractivity (Wildman–Crippen MR) is 108 cm³/mol. The maximum absolute atomic E-state index is 5.37. The maximum atomic E-state index is 5.37. The summed E-state index contributed by atoms with van der Waals surface area (Å²) in [5, 5.41) is 11.4. The van der Waals surface area contributed by atoms with E-state index < -0.39 is 0 Å². The number of nitrogens with zero attached hydrogens (tertiary/aromatic N) is 2. The SMILES string of the molecule is CCc1ccc(NC(=S)Nc2ccn(Cc3ccccc3C)n2)cc1. The molecule has 0 bridgehead atoms. The lowest BCUT2D eigenvalue weighted by molar-refractivity contribution is 0.687. The summed E-state index contributed by atoms with van der Waals surface area (Å²) in [6, 6.07) is 18.5. The van der Waals surface area contributed by atoms with Crippen LogP contribution in [0.3, 0.4) is 0 Å². The zero-order valence-electron chi connectivity index (χ0n) is 14.5. The lowest BCUT2D eigenvalue weighted by atomic mass is 10.1. The molecule has 128 valence electrons. The van der Waals surface area contributed by atoms with Crippen molar-refractivity contribution in [3.8, 4) is 0 Å². The molecular formula is C20H22N4S. The van der Waals surface area contributed by atoms with E-state index >= 15 is 0 Å². The van der Waals surface area contributed by atoms with Gasteiger partial charge in [0, 0.05) is 18.0 Å². The molecule has 0 fully saturated rings. The third-order valence-corrected chi connectivity index (χ3v) is 4.30. The van der Waals surface area contributed by atoms with Gasteiger partial charge in [-0.1, -0.05) is 43.3 Å². The van der Waals surface area contributed by atoms with Crippen LogP contribution in [-0.4, -0.2) is 14.9 Å². The van der Waals surface area contributed by atoms with Crippen LogP contribution < -0.4 is 10.6 Å². The Morgan fingerprint density at radius 3 is 2.52 bits per heavy atom. The Balaban J connectivity index is 1.58. The van der Waals surface area contributed by atoms with E-state index in [1.807, 2.05) is 41.2 Å². The standard InChI is InChI=1S/C20H22N4S/c1-3-16-8-10-18(11-9-16)21-20(25)22-19-12-13-24(23-19)14-17-7-5-4-6-15(17)2/h4-13H,3,14H2,1-2H3,(H2,21,22,23,25). The number of aryl methyl sites for hydroxylation is 2. The van der Waals surface area contributed by atoms with Crippen molar-refractivity contribution < 1.29 is 0 Å². The molecule has 25 heavy (non-hydrogen) atoms. The van der Waals surface area contributed by atoms with Gasteiger partial charge in [-0.05, 0) is 54.4 Å². The van der Waals surface area contributed by atoms with E-state index in [-0.39, 0.29) is 0 Å². The minimum atomic E-state index is 0.533. The zero-order valence-corrected chi connectivity index (χ0v) is 15.3. The summed E-state index contributed by atoms with van der Waals surface area (Å²) in [7, 11) is 0. The van der Waals surface area contributed by atoms with Crippen molar-refractivity contribution >= 4 is 28.8 Å². The van der Waals surface area contributed by atoms with Gasteiger partial charge in [-0.2, -0.15) is 5.10 Å². The van der Waals surface area contributed by atoms with E-state index in [9.17, 15) is 0 Å². The summed E-state index contributed by atoms with van der Waals surface area (Å²) in [4.78, 5) is 0. The van der Waals surface area contributed by atoms with Crippen molar-refractivity contribution in [1.29, 1.82) is 0 Å². The Hall–Kier alpha value is -2.66. The van der Waals surface area contributed by atoms with E-state index in [2.05, 4.69) is 53.8 Å². The molecule has 0 aliphatic rings. The van der Waals surface area contributed by atoms with Gasteiger partial charge in [0.05, 0.1) is 6.54 Å². The topological polar surface area (TPSA) is 41.9 Å². The van der Waals surface area contributed by atoms with Crippen LogP contribution in [0.25, 0.3) is 0 Å². The van der Waals surface area contributed by atoms with Crippen LogP contribution in [0.1, 0.15) is 23.6 Å². The lowest BCUT2D eigenvalue weighted by Crippen LogP contribution is -2.19. The van der Waals surface area contributed by atoms with E-state index in [1.165, 1.54) is 16.7 Å². The van der Waals surface area contributed by atoms with Gasteiger partial charge in [-0.3, -0.25) is 4.68 Å². The first-order chi connectivity index (χ1) is 12.1. The van der Waals surface area contributed by atoms with Gasteiger partial charge in [-0.15, -0.1) is 0 Å². The van der Waals surface area contributed by atoms with Crippen LogP contribution in [0.2, 0.25) is 0 Å². The minimum Gasteiger partial charge on any atom is -0.332 e. The average molecular weight is 350 g/mol. The minimum absolute atomic E-state index is 0.533. The van der Waals surface area contributed by atoms with E-state index in [0.717, 1.165) is 24.5 Å². The first kappa shape index (κ1) is 17.2. The molecule has 0 atom stereocenters. The van der Waals surface area contributed by atoms with Gasteiger partial charge < -0.3 is 10.6 Å². The molecule has 0 aliphatic carbocycles. The monoisotopic (exact) mass is 350 g/mol. The summed E-state index contributed by atoms with van der Waals surface area (Å²) in [6.45, 7) is 5.00. The molecule has 0 saturated heterocycles. The first-order valence-electron chi connectivity index (χ1n) is 8.39. The van der Waals surface area contributed by atoms with E-state index in [1.54, 1.807) is 0 Å². The molecule has 2 N–H and O–H groups in total. The number of benzene rings is 2. The lowest BCUT2D eigenvalue weighted by Gasteiger charge is -2.09. The smallest absolute Gasteiger partial charge is 0.176 e. The third-order valence-electron chi connectivity index (χ3n) is 4.10. The van der Waals surface area contributed by atoms with Gasteiger partial charge in [0.2, 0.25) is 0 Å². The average Bonchev–Trinajstić information content (AvgIpc) is 3.04. The fourth-order valence-electron chi connectivity index (χ4n) is 2.58. The Morgan fingerprint density at radius 1 is 1.04 bits per heavy atom. The Bertz CT molecular complexity index is 852. The van der Waals surface area contributed by atoms with Crippen LogP contribution in [-0.2, 0) is 13.0 Å². The van der Waals surface area contributed by atoms with E-state index in [0.29, 0.717) is 5.11 Å². The Labute approximate surface area is 153 Å². The molecule has 0 unspecified atom stereocenters. The van der Waals surface area contributed by atoms with Crippen molar-refractivity contribution in [3.05, 3.63) is 77.5 Å². The largest absolute Gasteiger partial charge is 0.332 e. The number of hydrogen-bond acceptors (Lipinski definition) is 2. The maximum Gasteiger partial charge on any atom is 0.176 e. The molecular weight excluding hydrogens is 328 g/mol. The number of thiocarbonyl (C=S) groups is 1. The fraction of sp³-hybridized carbons (Fsp3) is 0.200. The van der Waals surface area contributed by atoms with Gasteiger partial charge in [0.15, 0.2) is 10.9 Å². The van der Waals surface area contributed by atoms with Crippen molar-refractivity contribution in [2.24, 2.45) is 0 Å². The number of anilines is 2. The zero-order chi connectivity index (χ0) is 17.6. The molecule has 0 radical (unpaired) electrons. The molecule has 0 aliphatic heterocycles. The normalized spacial score (nSPS) is 10.5. The van der Waals surface area contributed by atoms with E-state index in [4.69, 9.17) is 12.2 Å². The summed E-state index contributed by atoms with van der Waals surface area (Å²) < 4.78 is 1.91. The van der Waals surface area contributed by atoms with Crippen LogP contribution in [0, 0.1) is 6.92 Å². The Morgan fingerprint density at radius 2 is 1.80 bits per heavy atom. The highest BCUT2D eigenvalue weighted by Gasteiger charge is 2.04. The number of rotatable bonds is 5. The van der Waals surface area contributed by atoms with Crippen molar-refractivity contribution in [2.75, 3.05) is 10.6 Å². The highest BCUT2D eigenvalue weighted by Crippen LogP contribution is 2.12. The van der Waals surface area contributed by atoms with Crippen LogP contribution in [0.4, 0.5) is 11.5 Å². The van der Waals surface area contributed by atoms with Crippen molar-refractivity contribution in [2.45, 2.75) is 26.8 Å². The summed E-state index contributed by atoms with van der Waals surface area (Å²) in [5.74, 6) is 0.733. The molecule has 0 saturated carbocycles. The first-order valence-corrected chi connectivity index (χ1v) is 8.80. The third kappa shape index (κ3) is 4.67. The predicted octanol–water partition coefficient (Wildman–Crippen LogP) is 4.61. The number of nitrogens with one attached hydrogen (secondary N) is 2. The molecule has 3 aromatic rings. The van der Waals surface area contributed by atoms with Crippen LogP contribution in [0.15, 0.2) is 60.8 Å². The van der Waals surface area contributed by atoms with Gasteiger partial charge in [-0.25, -0.2) is 0 Å². The van der Waals surface area contributed by atoms with Crippen molar-refractivity contribution in [1.82, 2.24) is 9.78 Å². The molecule has 0 amide bonds. The molecule has 1 aromatic heterocycles. The summed E-state index contributed by atoms with van der Waals surface area (Å²) in [6.07, 6.45) is 2.98. The highest BCUT2D eigenvalue weighted by molar-refractivity contribution is 7.80. The second kappa shape index (κ2) is 7.94. The summed E-state index contributed by atoms with van der Waals surface area (Å²) in [5.41, 5.74) is 4.79. The molecule has 4 nitrogen and oxygen atoms in total. The quantitative estimate of drug-likeness (QED) is 0.659. The Kier molecular flexibility index (Phi) is 5.46. The fourth-order valence-corrected chi connectivity index (χ4v) is 2.80. The molecule has 0 spiro atoms. The molecule has 2 aromatic carbocycles. The van der Waals surface area contributed by atoms with Gasteiger partial charge in [0.1, 0.15) is 0 Å². The van der Waals surface area contributed by atoms with Crippen LogP contribution >= 0.6 is 12.2 Å². The van der Waals surface area contributed by atoms with Gasteiger partial charge >= 0.3 is 0 Å². The highest BCUT2D eigenvalue weighted by atomic mass is 32.1. The molecule has 1 heterocycles.